The van der Waals surface area contributed by atoms with Gasteiger partial charge >= 0.3 is 6.09 Å². The number of likely N-dealkylation sites (tertiary alicyclic amines) is 1. The monoisotopic (exact) mass is 828 g/mol. The maximum absolute atomic E-state index is 16.1. The second kappa shape index (κ2) is 18.8. The Morgan fingerprint density at radius 3 is 2.34 bits per heavy atom. The Morgan fingerprint density at radius 1 is 0.983 bits per heavy atom. The number of anilines is 2. The molecule has 0 bridgehead atoms. The van der Waals surface area contributed by atoms with Gasteiger partial charge in [-0.3, -0.25) is 4.79 Å². The second-order valence-corrected chi connectivity index (χ2v) is 17.3. The molecular formula is C41H51F3N6O7S. The van der Waals surface area contributed by atoms with E-state index in [4.69, 9.17) is 14.5 Å². The van der Waals surface area contributed by atoms with Crippen molar-refractivity contribution in [2.45, 2.75) is 70.4 Å². The Balaban J connectivity index is 1.19. The van der Waals surface area contributed by atoms with Gasteiger partial charge in [0, 0.05) is 56.7 Å². The Labute approximate surface area is 336 Å². The van der Waals surface area contributed by atoms with Gasteiger partial charge in [-0.1, -0.05) is 67.8 Å². The zero-order valence-electron chi connectivity index (χ0n) is 32.8. The van der Waals surface area contributed by atoms with Crippen LogP contribution in [0.1, 0.15) is 74.6 Å². The lowest BCUT2D eigenvalue weighted by Gasteiger charge is -2.35. The highest BCUT2D eigenvalue weighted by molar-refractivity contribution is 7.91. The van der Waals surface area contributed by atoms with Crippen LogP contribution in [-0.4, -0.2) is 90.2 Å². The van der Waals surface area contributed by atoms with Crippen molar-refractivity contribution in [1.29, 1.82) is 0 Å². The van der Waals surface area contributed by atoms with Crippen LogP contribution in [0.4, 0.5) is 29.6 Å². The van der Waals surface area contributed by atoms with Crippen molar-refractivity contribution in [3.8, 4) is 5.88 Å². The van der Waals surface area contributed by atoms with Crippen molar-refractivity contribution in [3.05, 3.63) is 87.5 Å². The molecule has 2 aliphatic rings. The zero-order valence-corrected chi connectivity index (χ0v) is 33.7. The molecule has 4 aromatic rings. The fourth-order valence-electron chi connectivity index (χ4n) is 7.48. The van der Waals surface area contributed by atoms with Gasteiger partial charge in [0.05, 0.1) is 36.3 Å². The number of sulfone groups is 1. The fraction of sp³-hybridized carbons (Fsp3) is 0.512. The second-order valence-electron chi connectivity index (χ2n) is 15.0. The summed E-state index contributed by atoms with van der Waals surface area (Å²) < 4.78 is 85.5. The van der Waals surface area contributed by atoms with E-state index >= 15 is 13.2 Å². The predicted octanol–water partition coefficient (Wildman–Crippen LogP) is 6.90. The van der Waals surface area contributed by atoms with E-state index in [0.29, 0.717) is 30.8 Å². The lowest BCUT2D eigenvalue weighted by molar-refractivity contribution is -0.0861. The maximum atomic E-state index is 16.1. The molecule has 0 unspecified atom stereocenters. The first-order valence-corrected chi connectivity index (χ1v) is 21.6. The van der Waals surface area contributed by atoms with Crippen molar-refractivity contribution in [2.75, 3.05) is 61.1 Å². The van der Waals surface area contributed by atoms with Crippen molar-refractivity contribution in [2.24, 2.45) is 13.0 Å². The highest BCUT2D eigenvalue weighted by Crippen LogP contribution is 2.44. The van der Waals surface area contributed by atoms with E-state index in [1.54, 1.807) is 17.9 Å². The Bertz CT molecular complexity index is 2210. The van der Waals surface area contributed by atoms with Gasteiger partial charge in [-0.05, 0) is 44.2 Å². The van der Waals surface area contributed by atoms with E-state index in [0.717, 1.165) is 46.9 Å². The lowest BCUT2D eigenvalue weighted by Crippen LogP contribution is -2.42. The van der Waals surface area contributed by atoms with E-state index in [1.807, 2.05) is 30.3 Å². The zero-order chi connectivity index (χ0) is 41.5. The highest BCUT2D eigenvalue weighted by Gasteiger charge is 2.45. The molecule has 0 radical (unpaired) electrons. The van der Waals surface area contributed by atoms with Gasteiger partial charge in [0.25, 0.3) is 11.5 Å². The van der Waals surface area contributed by atoms with Crippen molar-refractivity contribution in [1.82, 2.24) is 19.7 Å². The third-order valence-corrected chi connectivity index (χ3v) is 12.5. The van der Waals surface area contributed by atoms with Crippen molar-refractivity contribution >= 4 is 38.3 Å². The predicted molar refractivity (Wildman–Crippen MR) is 215 cm³/mol. The summed E-state index contributed by atoms with van der Waals surface area (Å²) in [6, 6.07) is 14.5. The average Bonchev–Trinajstić information content (AvgIpc) is 3.20. The van der Waals surface area contributed by atoms with Crippen LogP contribution in [0.25, 0.3) is 10.8 Å². The quantitative estimate of drug-likeness (QED) is 0.107. The molecule has 0 spiro atoms. The molecule has 6 rings (SSSR count). The van der Waals surface area contributed by atoms with E-state index in [1.165, 1.54) is 19.2 Å². The number of hydrogen-bond acceptors (Lipinski definition) is 10. The summed E-state index contributed by atoms with van der Waals surface area (Å²) in [6.07, 6.45) is 3.02. The summed E-state index contributed by atoms with van der Waals surface area (Å²) in [5.74, 6) is -5.47. The molecule has 2 fully saturated rings. The largest absolute Gasteiger partial charge is 0.477 e. The van der Waals surface area contributed by atoms with E-state index in [-0.39, 0.29) is 79.8 Å². The van der Waals surface area contributed by atoms with Gasteiger partial charge in [-0.15, -0.1) is 0 Å². The van der Waals surface area contributed by atoms with Crippen molar-refractivity contribution in [3.63, 3.8) is 0 Å². The van der Waals surface area contributed by atoms with Gasteiger partial charge in [-0.2, -0.15) is 10.1 Å². The maximum Gasteiger partial charge on any atom is 0.407 e. The molecule has 17 heteroatoms. The Kier molecular flexibility index (Phi) is 13.8. The van der Waals surface area contributed by atoms with Gasteiger partial charge < -0.3 is 29.7 Å². The first-order valence-electron chi connectivity index (χ1n) is 19.8. The molecule has 0 saturated carbocycles. The number of carbonyl (C=O) groups is 1. The summed E-state index contributed by atoms with van der Waals surface area (Å²) >= 11 is 0. The fourth-order valence-corrected chi connectivity index (χ4v) is 8.68. The van der Waals surface area contributed by atoms with Gasteiger partial charge in [0.2, 0.25) is 5.88 Å². The molecule has 2 aliphatic heterocycles. The van der Waals surface area contributed by atoms with Gasteiger partial charge in [0.15, 0.2) is 15.7 Å². The molecule has 2 aromatic carbocycles. The number of piperidine rings is 1. The number of halogens is 3. The molecule has 314 valence electrons. The normalized spacial score (nSPS) is 16.7. The Morgan fingerprint density at radius 2 is 1.66 bits per heavy atom. The number of pyridine rings is 1. The first-order chi connectivity index (χ1) is 27.7. The molecule has 0 aliphatic carbocycles. The third kappa shape index (κ3) is 10.2. The van der Waals surface area contributed by atoms with Crippen LogP contribution in [0.2, 0.25) is 0 Å². The number of alkyl halides is 2. The highest BCUT2D eigenvalue weighted by atomic mass is 32.2. The van der Waals surface area contributed by atoms with Gasteiger partial charge in [-0.25, -0.2) is 31.1 Å². The number of hydrogen-bond donors (Lipinski definition) is 2. The minimum absolute atomic E-state index is 0.0516. The number of aryl methyl sites for hydroxylation is 1. The number of carboxylic acid groups (broad SMARTS) is 1. The summed E-state index contributed by atoms with van der Waals surface area (Å²) in [5.41, 5.74) is -0.196. The molecule has 1 atom stereocenters. The summed E-state index contributed by atoms with van der Waals surface area (Å²) in [4.78, 5) is 32.6. The molecule has 2 aromatic heterocycles. The molecule has 2 saturated heterocycles. The van der Waals surface area contributed by atoms with E-state index in [2.05, 4.69) is 10.4 Å². The van der Waals surface area contributed by atoms with Gasteiger partial charge in [0.1, 0.15) is 17.0 Å². The van der Waals surface area contributed by atoms with Crippen LogP contribution >= 0.6 is 0 Å². The summed E-state index contributed by atoms with van der Waals surface area (Å²) in [7, 11) is -1.77. The standard InChI is InChI=1S/C41H51F3N6O7S/c1-28(31-14-11-15-33(36(31)42)41(43,44)30-16-18-50(19-17-30)40(52)53)45-37-32-26-34(49-20-24-58(54,55)25-21-49)46-38(35(32)39(51)48(2)47-37)57-23-10-5-3-4-9-22-56-27-29-12-7-6-8-13-29/h6-8,11-15,26,28,30H,3-5,9-10,16-25,27H2,1-2H3,(H,45,47)(H,52,53)/t28-/m1/s1. The molecular weight excluding hydrogens is 778 g/mol. The van der Waals surface area contributed by atoms with Crippen LogP contribution < -0.4 is 20.5 Å². The molecule has 1 amide bonds. The third-order valence-electron chi connectivity index (χ3n) is 10.9. The number of unbranched alkanes of at least 4 members (excludes halogenated alkanes) is 4. The molecule has 13 nitrogen and oxygen atoms in total. The van der Waals surface area contributed by atoms with E-state index < -0.39 is 50.8 Å². The minimum atomic E-state index is -3.56. The number of nitrogens with one attached hydrogen (secondary N) is 1. The number of nitrogens with zero attached hydrogens (tertiary/aromatic N) is 5. The van der Waals surface area contributed by atoms with E-state index in [9.17, 15) is 23.1 Å². The number of aromatic nitrogens is 3. The van der Waals surface area contributed by atoms with Crippen LogP contribution in [-0.2, 0) is 34.2 Å². The molecule has 58 heavy (non-hydrogen) atoms. The summed E-state index contributed by atoms with van der Waals surface area (Å²) in [6.45, 7) is 3.31. The smallest absolute Gasteiger partial charge is 0.407 e. The van der Waals surface area contributed by atoms with Crippen LogP contribution in [0.5, 0.6) is 5.88 Å². The lowest BCUT2D eigenvalue weighted by atomic mass is 9.85. The topological polar surface area (TPSA) is 156 Å². The number of fused-ring (bicyclic) bond motifs is 1. The van der Waals surface area contributed by atoms with Crippen LogP contribution in [0.15, 0.2) is 59.4 Å². The minimum Gasteiger partial charge on any atom is -0.477 e. The number of benzene rings is 2. The molecule has 4 heterocycles. The Hall–Kier alpha value is -4.90. The van der Waals surface area contributed by atoms with Crippen LogP contribution in [0.3, 0.4) is 0 Å². The van der Waals surface area contributed by atoms with Crippen molar-refractivity contribution < 1.29 is 41.0 Å². The number of amides is 1. The SMILES string of the molecule is C[C@@H](Nc1nn(C)c(=O)c2c(OCCCCCCCOCc3ccccc3)nc(N3CCS(=O)(=O)CC3)cc12)c1cccc(C(F)(F)C2CCN(C(=O)O)CC2)c1F. The summed E-state index contributed by atoms with van der Waals surface area (Å²) in [5, 5.41) is 17.2. The van der Waals surface area contributed by atoms with Crippen LogP contribution in [0, 0.1) is 11.7 Å². The number of ether oxygens (including phenoxy) is 2. The molecule has 2 N–H and O–H groups in total. The average molecular weight is 829 g/mol. The first kappa shape index (κ1) is 42.7. The number of rotatable bonds is 17.